The maximum atomic E-state index is 10.9. The van der Waals surface area contributed by atoms with Gasteiger partial charge in [0.05, 0.1) is 19.1 Å². The molecule has 0 atom stereocenters. The van der Waals surface area contributed by atoms with Gasteiger partial charge >= 0.3 is 0 Å². The number of nitro benzene ring substituents is 1. The zero-order valence-electron chi connectivity index (χ0n) is 11.5. The van der Waals surface area contributed by atoms with Crippen molar-refractivity contribution in [2.45, 2.75) is 0 Å². The topological polar surface area (TPSA) is 86.3 Å². The Morgan fingerprint density at radius 3 is 2.38 bits per heavy atom. The second-order valence-electron chi connectivity index (χ2n) is 3.98. The van der Waals surface area contributed by atoms with Crippen LogP contribution in [0.25, 0.3) is 0 Å². The quantitative estimate of drug-likeness (QED) is 0.472. The normalized spacial score (nSPS) is 10.6. The predicted octanol–water partition coefficient (Wildman–Crippen LogP) is 4.03. The Morgan fingerprint density at radius 1 is 1.00 bits per heavy atom. The molecule has 0 amide bonds. The minimum atomic E-state index is -0.500. The number of nitrogens with zero attached hydrogens (tertiary/aromatic N) is 3. The van der Waals surface area contributed by atoms with E-state index >= 15 is 0 Å². The number of methoxy groups -OCH3 is 2. The molecule has 0 aliphatic carbocycles. The molecule has 0 heterocycles. The zero-order chi connectivity index (χ0) is 15.2. The van der Waals surface area contributed by atoms with Gasteiger partial charge in [0.2, 0.25) is 0 Å². The lowest BCUT2D eigenvalue weighted by molar-refractivity contribution is -0.384. The van der Waals surface area contributed by atoms with Gasteiger partial charge in [0.15, 0.2) is 5.69 Å². The summed E-state index contributed by atoms with van der Waals surface area (Å²) in [4.78, 5) is 10.4. The highest BCUT2D eigenvalue weighted by molar-refractivity contribution is 5.58. The van der Waals surface area contributed by atoms with Crippen LogP contribution < -0.4 is 9.47 Å². The summed E-state index contributed by atoms with van der Waals surface area (Å²) in [5, 5.41) is 18.8. The first-order chi connectivity index (χ1) is 10.2. The number of para-hydroxylation sites is 1. The van der Waals surface area contributed by atoms with Crippen LogP contribution in [0, 0.1) is 10.1 Å². The summed E-state index contributed by atoms with van der Waals surface area (Å²) in [6.45, 7) is 0. The Bertz CT molecular complexity index is 686. The van der Waals surface area contributed by atoms with Gasteiger partial charge in [-0.3, -0.25) is 10.1 Å². The maximum Gasteiger partial charge on any atom is 0.296 e. The maximum absolute atomic E-state index is 10.9. The average Bonchev–Trinajstić information content (AvgIpc) is 2.52. The summed E-state index contributed by atoms with van der Waals surface area (Å²) < 4.78 is 10.3. The molecule has 108 valence electrons. The zero-order valence-corrected chi connectivity index (χ0v) is 11.5. The van der Waals surface area contributed by atoms with Crippen molar-refractivity contribution in [3.8, 4) is 11.5 Å². The fourth-order valence-corrected chi connectivity index (χ4v) is 1.68. The lowest BCUT2D eigenvalue weighted by Crippen LogP contribution is -1.88. The Balaban J connectivity index is 2.36. The molecule has 0 radical (unpaired) electrons. The summed E-state index contributed by atoms with van der Waals surface area (Å²) >= 11 is 0. The molecule has 0 spiro atoms. The molecular formula is C14H13N3O4. The molecule has 0 bridgehead atoms. The van der Waals surface area contributed by atoms with E-state index in [-0.39, 0.29) is 11.4 Å². The average molecular weight is 287 g/mol. The Kier molecular flexibility index (Phi) is 4.45. The number of hydrogen-bond donors (Lipinski definition) is 0. The van der Waals surface area contributed by atoms with Gasteiger partial charge in [-0.2, -0.15) is 0 Å². The smallest absolute Gasteiger partial charge is 0.296 e. The molecule has 0 saturated heterocycles. The molecule has 2 aromatic carbocycles. The van der Waals surface area contributed by atoms with Gasteiger partial charge in [-0.15, -0.1) is 10.2 Å². The lowest BCUT2D eigenvalue weighted by atomic mass is 10.3. The van der Waals surface area contributed by atoms with Crippen LogP contribution in [0.4, 0.5) is 17.1 Å². The molecule has 0 aliphatic rings. The minimum Gasteiger partial charge on any atom is -0.497 e. The van der Waals surface area contributed by atoms with Crippen molar-refractivity contribution in [3.63, 3.8) is 0 Å². The molecule has 0 aliphatic heterocycles. The second-order valence-corrected chi connectivity index (χ2v) is 3.98. The highest BCUT2D eigenvalue weighted by Crippen LogP contribution is 2.34. The third-order valence-electron chi connectivity index (χ3n) is 2.73. The lowest BCUT2D eigenvalue weighted by Gasteiger charge is -2.05. The molecule has 2 aromatic rings. The molecular weight excluding hydrogens is 274 g/mol. The van der Waals surface area contributed by atoms with Crippen LogP contribution in [0.2, 0.25) is 0 Å². The van der Waals surface area contributed by atoms with Crippen molar-refractivity contribution in [1.82, 2.24) is 0 Å². The van der Waals surface area contributed by atoms with Gasteiger partial charge < -0.3 is 9.47 Å². The number of ether oxygens (including phenoxy) is 2. The summed E-state index contributed by atoms with van der Waals surface area (Å²) in [6.07, 6.45) is 0. The molecule has 7 heteroatoms. The molecule has 2 rings (SSSR count). The molecule has 0 N–H and O–H groups in total. The van der Waals surface area contributed by atoms with Crippen LogP contribution in [0.1, 0.15) is 0 Å². The van der Waals surface area contributed by atoms with Crippen molar-refractivity contribution in [2.75, 3.05) is 14.2 Å². The summed E-state index contributed by atoms with van der Waals surface area (Å²) in [5.74, 6) is 1.09. The van der Waals surface area contributed by atoms with E-state index in [0.29, 0.717) is 17.2 Å². The van der Waals surface area contributed by atoms with Crippen molar-refractivity contribution in [2.24, 2.45) is 10.2 Å². The van der Waals surface area contributed by atoms with Gasteiger partial charge in [-0.25, -0.2) is 0 Å². The van der Waals surface area contributed by atoms with Gasteiger partial charge in [0.1, 0.15) is 17.2 Å². The van der Waals surface area contributed by atoms with E-state index in [2.05, 4.69) is 10.2 Å². The van der Waals surface area contributed by atoms with Gasteiger partial charge in [0, 0.05) is 12.1 Å². The Morgan fingerprint density at radius 2 is 1.71 bits per heavy atom. The van der Waals surface area contributed by atoms with E-state index in [1.165, 1.54) is 19.2 Å². The summed E-state index contributed by atoms with van der Waals surface area (Å²) in [7, 11) is 3.04. The number of benzene rings is 2. The fourth-order valence-electron chi connectivity index (χ4n) is 1.68. The number of rotatable bonds is 5. The predicted molar refractivity (Wildman–Crippen MR) is 76.8 cm³/mol. The first-order valence-electron chi connectivity index (χ1n) is 6.03. The summed E-state index contributed by atoms with van der Waals surface area (Å²) in [5.41, 5.74) is 0.533. The standard InChI is InChI=1S/C14H13N3O4/c1-20-10-7-8-12(14(9-10)21-2)16-15-11-5-3-4-6-13(11)17(18)19/h3-9H,1-2H3. The van der Waals surface area contributed by atoms with Crippen molar-refractivity contribution in [3.05, 3.63) is 52.6 Å². The first kappa shape index (κ1) is 14.4. The highest BCUT2D eigenvalue weighted by Gasteiger charge is 2.12. The third kappa shape index (κ3) is 3.33. The van der Waals surface area contributed by atoms with Crippen LogP contribution in [0.3, 0.4) is 0 Å². The molecule has 7 nitrogen and oxygen atoms in total. The first-order valence-corrected chi connectivity index (χ1v) is 6.03. The molecule has 0 saturated carbocycles. The van der Waals surface area contributed by atoms with Crippen molar-refractivity contribution >= 4 is 17.1 Å². The third-order valence-corrected chi connectivity index (χ3v) is 2.73. The highest BCUT2D eigenvalue weighted by atomic mass is 16.6. The van der Waals surface area contributed by atoms with Gasteiger partial charge in [-0.05, 0) is 18.2 Å². The van der Waals surface area contributed by atoms with Crippen LogP contribution in [0.5, 0.6) is 11.5 Å². The SMILES string of the molecule is COc1ccc(N=Nc2ccccc2[N+](=O)[O-])c(OC)c1. The van der Waals surface area contributed by atoms with Crippen LogP contribution >= 0.6 is 0 Å². The number of nitro groups is 1. The minimum absolute atomic E-state index is 0.103. The second kappa shape index (κ2) is 6.47. The van der Waals surface area contributed by atoms with E-state index in [9.17, 15) is 10.1 Å². The van der Waals surface area contributed by atoms with Crippen molar-refractivity contribution < 1.29 is 14.4 Å². The van der Waals surface area contributed by atoms with E-state index in [0.717, 1.165) is 0 Å². The molecule has 21 heavy (non-hydrogen) atoms. The van der Waals surface area contributed by atoms with Crippen LogP contribution in [-0.2, 0) is 0 Å². The van der Waals surface area contributed by atoms with E-state index in [1.807, 2.05) is 0 Å². The van der Waals surface area contributed by atoms with E-state index in [4.69, 9.17) is 9.47 Å². The number of azo groups is 1. The van der Waals surface area contributed by atoms with Crippen LogP contribution in [-0.4, -0.2) is 19.1 Å². The largest absolute Gasteiger partial charge is 0.497 e. The van der Waals surface area contributed by atoms with E-state index < -0.39 is 4.92 Å². The molecule has 0 unspecified atom stereocenters. The van der Waals surface area contributed by atoms with Gasteiger partial charge in [0.25, 0.3) is 5.69 Å². The number of hydrogen-bond acceptors (Lipinski definition) is 6. The Hall–Kier alpha value is -2.96. The molecule has 0 aromatic heterocycles. The monoisotopic (exact) mass is 287 g/mol. The van der Waals surface area contributed by atoms with Crippen molar-refractivity contribution in [1.29, 1.82) is 0 Å². The Labute approximate surface area is 121 Å². The molecule has 0 fully saturated rings. The van der Waals surface area contributed by atoms with Gasteiger partial charge in [-0.1, -0.05) is 12.1 Å². The van der Waals surface area contributed by atoms with Crippen LogP contribution in [0.15, 0.2) is 52.7 Å². The summed E-state index contributed by atoms with van der Waals surface area (Å²) in [6, 6.07) is 11.2. The fraction of sp³-hybridized carbons (Fsp3) is 0.143. The van der Waals surface area contributed by atoms with E-state index in [1.54, 1.807) is 37.4 Å².